The van der Waals surface area contributed by atoms with Crippen molar-refractivity contribution in [2.24, 2.45) is 5.73 Å². The van der Waals surface area contributed by atoms with Crippen molar-refractivity contribution in [3.05, 3.63) is 72.4 Å². The van der Waals surface area contributed by atoms with E-state index in [1.807, 2.05) is 47.1 Å². The Morgan fingerprint density at radius 3 is 2.18 bits per heavy atom. The van der Waals surface area contributed by atoms with E-state index in [1.165, 1.54) is 0 Å². The minimum atomic E-state index is 0.465. The summed E-state index contributed by atoms with van der Waals surface area (Å²) in [5, 5.41) is 3.27. The predicted molar refractivity (Wildman–Crippen MR) is 88.3 cm³/mol. The quantitative estimate of drug-likeness (QED) is 0.606. The van der Waals surface area contributed by atoms with Gasteiger partial charge in [-0.3, -0.25) is 5.10 Å². The van der Waals surface area contributed by atoms with E-state index in [4.69, 9.17) is 10.7 Å². The molecule has 2 aromatic carbocycles. The molecule has 4 heteroatoms. The number of nitrogens with one attached hydrogen (secondary N) is 1. The van der Waals surface area contributed by atoms with Crippen LogP contribution in [0.15, 0.2) is 66.9 Å². The molecule has 4 aromatic rings. The highest BCUT2D eigenvalue weighted by molar-refractivity contribution is 5.82. The van der Waals surface area contributed by atoms with E-state index < -0.39 is 0 Å². The van der Waals surface area contributed by atoms with Crippen molar-refractivity contribution in [1.29, 1.82) is 0 Å². The monoisotopic (exact) mass is 288 g/mol. The molecule has 0 atom stereocenters. The molecule has 4 nitrogen and oxygen atoms in total. The molecule has 2 heterocycles. The molecule has 108 valence electrons. The summed E-state index contributed by atoms with van der Waals surface area (Å²) < 4.78 is 2.01. The Hall–Kier alpha value is -2.85. The van der Waals surface area contributed by atoms with Crippen molar-refractivity contribution in [3.63, 3.8) is 0 Å². The average molecular weight is 288 g/mol. The number of fused-ring (bicyclic) bond motifs is 1. The molecule has 2 aromatic heterocycles. The largest absolute Gasteiger partial charge is 0.326 e. The third-order valence-corrected chi connectivity index (χ3v) is 3.85. The smallest absolute Gasteiger partial charge is 0.158 e. The van der Waals surface area contributed by atoms with E-state index in [0.29, 0.717) is 6.54 Å². The molecule has 0 aliphatic heterocycles. The minimum absolute atomic E-state index is 0.465. The van der Waals surface area contributed by atoms with Gasteiger partial charge in [-0.05, 0) is 0 Å². The molecule has 0 spiro atoms. The van der Waals surface area contributed by atoms with Crippen LogP contribution >= 0.6 is 0 Å². The first-order chi connectivity index (χ1) is 10.9. The van der Waals surface area contributed by atoms with Crippen LogP contribution in [0.25, 0.3) is 28.2 Å². The number of rotatable bonds is 3. The molecule has 0 saturated carbocycles. The van der Waals surface area contributed by atoms with E-state index in [2.05, 4.69) is 29.4 Å². The maximum Gasteiger partial charge on any atom is 0.158 e. The van der Waals surface area contributed by atoms with Gasteiger partial charge in [0.25, 0.3) is 0 Å². The normalized spacial score (nSPS) is 11.1. The Bertz CT molecular complexity index is 904. The van der Waals surface area contributed by atoms with Crippen molar-refractivity contribution in [1.82, 2.24) is 14.6 Å². The lowest BCUT2D eigenvalue weighted by atomic mass is 10.1. The van der Waals surface area contributed by atoms with Crippen molar-refractivity contribution in [2.45, 2.75) is 6.54 Å². The summed E-state index contributed by atoms with van der Waals surface area (Å²) in [6.45, 7) is 0.465. The van der Waals surface area contributed by atoms with E-state index in [9.17, 15) is 0 Å². The van der Waals surface area contributed by atoms with Gasteiger partial charge in [0.05, 0.1) is 11.4 Å². The molecule has 0 saturated heterocycles. The number of hydrogen-bond donors (Lipinski definition) is 2. The fraction of sp³-hybridized carbons (Fsp3) is 0.0556. The van der Waals surface area contributed by atoms with Crippen LogP contribution in [-0.2, 0) is 6.54 Å². The standard InChI is InChI=1S/C18H16N4/c19-11-15-12-20-22-17(14-9-5-2-6-10-14)16(21-18(15)22)13-7-3-1-4-8-13/h1-10,12,20H,11,19H2. The lowest BCUT2D eigenvalue weighted by Gasteiger charge is -2.04. The molecule has 3 N–H and O–H groups in total. The van der Waals surface area contributed by atoms with E-state index >= 15 is 0 Å². The molecular weight excluding hydrogens is 272 g/mol. The van der Waals surface area contributed by atoms with Gasteiger partial charge in [-0.1, -0.05) is 60.7 Å². The number of aromatic amines is 1. The fourth-order valence-electron chi connectivity index (χ4n) is 2.78. The third-order valence-electron chi connectivity index (χ3n) is 3.85. The second-order valence-electron chi connectivity index (χ2n) is 5.20. The van der Waals surface area contributed by atoms with E-state index in [1.54, 1.807) is 0 Å². The molecule has 0 aliphatic carbocycles. The van der Waals surface area contributed by atoms with Gasteiger partial charge < -0.3 is 5.73 Å². The molecule has 4 rings (SSSR count). The van der Waals surface area contributed by atoms with E-state index in [-0.39, 0.29) is 0 Å². The minimum Gasteiger partial charge on any atom is -0.326 e. The highest BCUT2D eigenvalue weighted by Crippen LogP contribution is 2.33. The Morgan fingerprint density at radius 2 is 1.55 bits per heavy atom. The highest BCUT2D eigenvalue weighted by atomic mass is 15.3. The van der Waals surface area contributed by atoms with Crippen LogP contribution in [-0.4, -0.2) is 14.6 Å². The number of aromatic nitrogens is 3. The molecule has 0 radical (unpaired) electrons. The van der Waals surface area contributed by atoms with Gasteiger partial charge in [0.1, 0.15) is 0 Å². The first kappa shape index (κ1) is 12.9. The van der Waals surface area contributed by atoms with Gasteiger partial charge in [0.2, 0.25) is 0 Å². The number of nitrogens with zero attached hydrogens (tertiary/aromatic N) is 2. The van der Waals surface area contributed by atoms with Gasteiger partial charge in [-0.25, -0.2) is 9.50 Å². The van der Waals surface area contributed by atoms with Crippen LogP contribution in [0.1, 0.15) is 5.56 Å². The molecule has 0 fully saturated rings. The summed E-state index contributed by atoms with van der Waals surface area (Å²) >= 11 is 0. The Labute approximate surface area is 128 Å². The van der Waals surface area contributed by atoms with Gasteiger partial charge in [-0.2, -0.15) is 0 Å². The van der Waals surface area contributed by atoms with Gasteiger partial charge in [-0.15, -0.1) is 0 Å². The lowest BCUT2D eigenvalue weighted by molar-refractivity contribution is 0.981. The Kier molecular flexibility index (Phi) is 3.02. The zero-order valence-electron chi connectivity index (χ0n) is 12.0. The summed E-state index contributed by atoms with van der Waals surface area (Å²) in [5.41, 5.74) is 12.0. The average Bonchev–Trinajstić information content (AvgIpc) is 3.15. The van der Waals surface area contributed by atoms with Crippen molar-refractivity contribution < 1.29 is 0 Å². The topological polar surface area (TPSA) is 59.1 Å². The molecule has 0 unspecified atom stereocenters. The molecular formula is C18H16N4. The maximum absolute atomic E-state index is 5.82. The highest BCUT2D eigenvalue weighted by Gasteiger charge is 2.18. The summed E-state index contributed by atoms with van der Waals surface area (Å²) in [7, 11) is 0. The van der Waals surface area contributed by atoms with Crippen LogP contribution in [0.4, 0.5) is 0 Å². The van der Waals surface area contributed by atoms with Crippen molar-refractivity contribution in [2.75, 3.05) is 0 Å². The van der Waals surface area contributed by atoms with Crippen molar-refractivity contribution in [3.8, 4) is 22.5 Å². The van der Waals surface area contributed by atoms with Crippen LogP contribution in [0.5, 0.6) is 0 Å². The van der Waals surface area contributed by atoms with Gasteiger partial charge in [0.15, 0.2) is 5.65 Å². The number of H-pyrrole nitrogens is 1. The number of hydrogen-bond acceptors (Lipinski definition) is 2. The number of benzene rings is 2. The predicted octanol–water partition coefficient (Wildman–Crippen LogP) is 3.46. The molecule has 0 bridgehead atoms. The van der Waals surface area contributed by atoms with Crippen LogP contribution in [0.2, 0.25) is 0 Å². The summed E-state index contributed by atoms with van der Waals surface area (Å²) in [4.78, 5) is 4.84. The Morgan fingerprint density at radius 1 is 0.909 bits per heavy atom. The first-order valence-corrected chi connectivity index (χ1v) is 7.28. The van der Waals surface area contributed by atoms with Crippen LogP contribution in [0.3, 0.4) is 0 Å². The zero-order chi connectivity index (χ0) is 14.9. The van der Waals surface area contributed by atoms with Crippen LogP contribution < -0.4 is 5.73 Å². The molecule has 22 heavy (non-hydrogen) atoms. The fourth-order valence-corrected chi connectivity index (χ4v) is 2.78. The third kappa shape index (κ3) is 1.93. The van der Waals surface area contributed by atoms with E-state index in [0.717, 1.165) is 33.7 Å². The Balaban J connectivity index is 2.05. The summed E-state index contributed by atoms with van der Waals surface area (Å²) in [6, 6.07) is 20.5. The number of imidazole rings is 1. The second kappa shape index (κ2) is 5.16. The first-order valence-electron chi connectivity index (χ1n) is 7.28. The zero-order valence-corrected chi connectivity index (χ0v) is 12.0. The molecule has 0 aliphatic rings. The lowest BCUT2D eigenvalue weighted by Crippen LogP contribution is -1.94. The second-order valence-corrected chi connectivity index (χ2v) is 5.20. The van der Waals surface area contributed by atoms with Gasteiger partial charge in [0, 0.05) is 29.4 Å². The van der Waals surface area contributed by atoms with Crippen LogP contribution in [0, 0.1) is 0 Å². The SMILES string of the molecule is NCc1c[nH]n2c(-c3ccccc3)c(-c3ccccc3)nc12. The van der Waals surface area contributed by atoms with Crippen molar-refractivity contribution >= 4 is 5.65 Å². The summed E-state index contributed by atoms with van der Waals surface area (Å²) in [6.07, 6.45) is 1.92. The molecule has 0 amide bonds. The number of nitrogens with two attached hydrogens (primary N) is 1. The summed E-state index contributed by atoms with van der Waals surface area (Å²) in [5.74, 6) is 0. The maximum atomic E-state index is 5.82. The van der Waals surface area contributed by atoms with Gasteiger partial charge >= 0.3 is 0 Å².